The van der Waals surface area contributed by atoms with E-state index < -0.39 is 118 Å². The fourth-order valence-corrected chi connectivity index (χ4v) is 6.37. The molecular weight excluding hydrogens is 905 g/mol. The van der Waals surface area contributed by atoms with E-state index in [2.05, 4.69) is 10.2 Å². The number of aromatic carboxylic acids is 1. The molecule has 1 aliphatic rings. The maximum absolute atomic E-state index is 13.2. The zero-order valence-electron chi connectivity index (χ0n) is 27.1. The topological polar surface area (TPSA) is 374 Å². The monoisotopic (exact) mass is 916 g/mol. The number of carboxylic acid groups (broad SMARTS) is 2. The molecule has 0 bridgehead atoms. The number of aliphatic carboxylic acids is 1. The number of hydrogen-bond donors (Lipinski definition) is 3. The predicted octanol–water partition coefficient (Wildman–Crippen LogP) is -15.9. The molecular formula is C23H12K4N4O18S4. The van der Waals surface area contributed by atoms with E-state index in [1.54, 1.807) is 0 Å². The molecule has 0 atom stereocenters. The molecule has 260 valence electrons. The minimum absolute atomic E-state index is 0. The Hall–Kier alpha value is 1.20. The van der Waals surface area contributed by atoms with Crippen LogP contribution in [-0.4, -0.2) is 85.2 Å². The molecule has 2 heterocycles. The first-order valence-electron chi connectivity index (χ1n) is 12.1. The summed E-state index contributed by atoms with van der Waals surface area (Å²) < 4.78 is 134. The van der Waals surface area contributed by atoms with Crippen molar-refractivity contribution >= 4 is 75.8 Å². The van der Waals surface area contributed by atoms with Crippen LogP contribution in [0.2, 0.25) is 0 Å². The molecule has 3 N–H and O–H groups in total. The van der Waals surface area contributed by atoms with Crippen molar-refractivity contribution in [3.63, 3.8) is 0 Å². The quantitative estimate of drug-likeness (QED) is 0.0965. The third kappa shape index (κ3) is 12.6. The van der Waals surface area contributed by atoms with Crippen LogP contribution in [0, 0.1) is 0 Å². The number of aromatic nitrogens is 2. The molecule has 30 heteroatoms. The van der Waals surface area contributed by atoms with Crippen molar-refractivity contribution in [3.05, 3.63) is 65.4 Å². The largest absolute Gasteiger partial charge is 1.00 e. The Morgan fingerprint density at radius 2 is 1.23 bits per heavy atom. The molecule has 0 fully saturated rings. The van der Waals surface area contributed by atoms with Crippen molar-refractivity contribution in [2.75, 3.05) is 5.01 Å². The van der Waals surface area contributed by atoms with E-state index in [0.717, 1.165) is 0 Å². The average molecular weight is 917 g/mol. The van der Waals surface area contributed by atoms with Crippen molar-refractivity contribution in [2.45, 2.75) is 19.6 Å². The van der Waals surface area contributed by atoms with Gasteiger partial charge < -0.3 is 29.5 Å². The molecule has 3 aromatic rings. The van der Waals surface area contributed by atoms with Crippen LogP contribution >= 0.6 is 0 Å². The Morgan fingerprint density at radius 1 is 0.736 bits per heavy atom. The molecule has 0 radical (unpaired) electrons. The van der Waals surface area contributed by atoms with Crippen molar-refractivity contribution in [1.82, 2.24) is 9.78 Å². The van der Waals surface area contributed by atoms with Gasteiger partial charge in [-0.25, -0.2) is 13.1 Å². The standard InChI is InChI=1S/C23H16N4O18S4.4K/c28-20-12(18(22(30)31)24-26(20)14-8-10(46(34,35)36)4-6-16(14)48(40,41)42)2-1-3-13-19(23(32)33)25-27(21(13)29)15-9-11(47(37,38)39)5-7-17(15)49(43,44)45;;;;/h1-9,28H,(H,30,31)(H,32,33)(H,34,35,36)(H,37,38,39)(H,40,41,42)(H,43,44,45);;;;/q;4*+1/p-4/b2-1+,13-3+;;;;. The van der Waals surface area contributed by atoms with Gasteiger partial charge in [-0.3, -0.25) is 18.5 Å². The number of carbonyl (C=O) groups excluding carboxylic acids is 3. The maximum atomic E-state index is 13.2. The summed E-state index contributed by atoms with van der Waals surface area (Å²) in [6.07, 6.45) is 1.70. The Bertz CT molecular complexity index is 2550. The first-order chi connectivity index (χ1) is 22.3. The van der Waals surface area contributed by atoms with E-state index in [0.29, 0.717) is 48.6 Å². The first-order valence-corrected chi connectivity index (χ1v) is 17.8. The minimum atomic E-state index is -5.32. The second-order valence-electron chi connectivity index (χ2n) is 9.20. The fourth-order valence-electron chi connectivity index (χ4n) is 4.08. The van der Waals surface area contributed by atoms with Crippen LogP contribution in [0.3, 0.4) is 0 Å². The number of amides is 1. The van der Waals surface area contributed by atoms with Crippen molar-refractivity contribution in [2.24, 2.45) is 5.10 Å². The maximum Gasteiger partial charge on any atom is 1.00 e. The van der Waals surface area contributed by atoms with E-state index in [4.69, 9.17) is 0 Å². The van der Waals surface area contributed by atoms with Crippen LogP contribution in [-0.2, 0) is 50.1 Å². The van der Waals surface area contributed by atoms with Gasteiger partial charge in [0.15, 0.2) is 0 Å². The van der Waals surface area contributed by atoms with Crippen LogP contribution < -0.4 is 226 Å². The number of hydrazone groups is 1. The summed E-state index contributed by atoms with van der Waals surface area (Å²) >= 11 is 0. The van der Waals surface area contributed by atoms with Crippen LogP contribution in [0.1, 0.15) is 16.1 Å². The molecule has 22 nitrogen and oxygen atoms in total. The summed E-state index contributed by atoms with van der Waals surface area (Å²) in [7, 11) is -21.0. The van der Waals surface area contributed by atoms with Gasteiger partial charge in [-0.2, -0.15) is 40.5 Å². The number of nitrogens with zero attached hydrogens (tertiary/aromatic N) is 4. The van der Waals surface area contributed by atoms with E-state index >= 15 is 0 Å². The van der Waals surface area contributed by atoms with Gasteiger partial charge in [0.2, 0.25) is 0 Å². The summed E-state index contributed by atoms with van der Waals surface area (Å²) in [6, 6.07) is 2.40. The van der Waals surface area contributed by atoms with Crippen molar-refractivity contribution in [1.29, 1.82) is 0 Å². The second kappa shape index (κ2) is 20.4. The summed E-state index contributed by atoms with van der Waals surface area (Å²) in [5, 5.41) is 43.4. The number of carboxylic acids is 2. The number of benzene rings is 2. The number of hydrogen-bond acceptors (Lipinski definition) is 17. The first kappa shape index (κ1) is 54.2. The fraction of sp³-hybridized carbons (Fsp3) is 0. The number of anilines is 1. The summed E-state index contributed by atoms with van der Waals surface area (Å²) in [5.41, 5.74) is -6.72. The van der Waals surface area contributed by atoms with E-state index in [1.807, 2.05) is 0 Å². The number of rotatable bonds is 10. The van der Waals surface area contributed by atoms with Gasteiger partial charge in [0, 0.05) is 5.56 Å². The molecule has 1 aliphatic heterocycles. The SMILES string of the molecule is O=C([O-])C1=NN(c2cc(S(=O)(=O)O)ccc2S(=O)(=O)O)C(=O)/C1=C/C=C/c1c(C(=O)[O-])nn(-c2cc(S(=O)(=O)[O-])ccc2S(=O)(=O)O)c1[O-].[K+].[K+].[K+].[K+]. The Kier molecular flexibility index (Phi) is 20.9. The summed E-state index contributed by atoms with van der Waals surface area (Å²) in [4.78, 5) is 32.1. The Balaban J connectivity index is 0.00000676. The number of allylic oxidation sites excluding steroid dienone is 2. The van der Waals surface area contributed by atoms with Crippen LogP contribution in [0.25, 0.3) is 11.8 Å². The molecule has 2 aromatic carbocycles. The smallest absolute Gasteiger partial charge is 0.858 e. The second-order valence-corrected chi connectivity index (χ2v) is 14.8. The van der Waals surface area contributed by atoms with E-state index in [-0.39, 0.29) is 221 Å². The zero-order chi connectivity index (χ0) is 37.0. The van der Waals surface area contributed by atoms with Gasteiger partial charge in [-0.15, -0.1) is 0 Å². The minimum Gasteiger partial charge on any atom is -0.858 e. The Labute approximate surface area is 468 Å². The predicted molar refractivity (Wildman–Crippen MR) is 148 cm³/mol. The third-order valence-electron chi connectivity index (χ3n) is 6.13. The van der Waals surface area contributed by atoms with Crippen LogP contribution in [0.5, 0.6) is 5.88 Å². The molecule has 0 saturated carbocycles. The van der Waals surface area contributed by atoms with Gasteiger partial charge >= 0.3 is 206 Å². The normalized spacial score (nSPS) is 14.1. The molecule has 0 unspecified atom stereocenters. The molecule has 0 aliphatic carbocycles. The van der Waals surface area contributed by atoms with Gasteiger partial charge in [0.25, 0.3) is 36.3 Å². The number of carbonyl (C=O) groups is 3. The van der Waals surface area contributed by atoms with E-state index in [1.165, 1.54) is 0 Å². The average Bonchev–Trinajstić information content (AvgIpc) is 3.47. The molecule has 0 spiro atoms. The Morgan fingerprint density at radius 3 is 1.68 bits per heavy atom. The van der Waals surface area contributed by atoms with Gasteiger partial charge in [0.05, 0.1) is 38.7 Å². The van der Waals surface area contributed by atoms with Crippen LogP contribution in [0.15, 0.2) is 78.8 Å². The zero-order valence-corrected chi connectivity index (χ0v) is 42.8. The molecule has 1 amide bonds. The van der Waals surface area contributed by atoms with Crippen molar-refractivity contribution < 1.29 is 287 Å². The third-order valence-corrected chi connectivity index (χ3v) is 9.61. The molecule has 0 saturated heterocycles. The van der Waals surface area contributed by atoms with Gasteiger partial charge in [-0.1, -0.05) is 12.2 Å². The molecule has 1 aromatic heterocycles. The van der Waals surface area contributed by atoms with Gasteiger partial charge in [0.1, 0.15) is 31.3 Å². The van der Waals surface area contributed by atoms with Gasteiger partial charge in [-0.05, 0) is 48.4 Å². The van der Waals surface area contributed by atoms with Crippen LogP contribution in [0.4, 0.5) is 5.69 Å². The molecule has 4 rings (SSSR count). The van der Waals surface area contributed by atoms with Crippen molar-refractivity contribution in [3.8, 4) is 11.6 Å². The van der Waals surface area contributed by atoms with E-state index in [9.17, 15) is 81.6 Å². The molecule has 53 heavy (non-hydrogen) atoms. The summed E-state index contributed by atoms with van der Waals surface area (Å²) in [5.74, 6) is -7.52. The summed E-state index contributed by atoms with van der Waals surface area (Å²) in [6.45, 7) is 0.